The highest BCUT2D eigenvalue weighted by Crippen LogP contribution is 2.24. The quantitative estimate of drug-likeness (QED) is 0.544. The van der Waals surface area contributed by atoms with E-state index in [0.29, 0.717) is 11.5 Å². The predicted molar refractivity (Wildman–Crippen MR) is 146 cm³/mol. The maximum atomic E-state index is 13.1. The van der Waals surface area contributed by atoms with E-state index < -0.39 is 6.09 Å². The molecule has 0 radical (unpaired) electrons. The lowest BCUT2D eigenvalue weighted by molar-refractivity contribution is 0.0820. The average molecular weight is 516 g/mol. The van der Waals surface area contributed by atoms with Gasteiger partial charge in [0.25, 0.3) is 5.56 Å². The molecule has 0 bridgehead atoms. The Morgan fingerprint density at radius 3 is 2.11 bits per heavy atom. The van der Waals surface area contributed by atoms with Crippen LogP contribution in [-0.2, 0) is 4.74 Å². The van der Waals surface area contributed by atoms with E-state index in [1.54, 1.807) is 22.8 Å². The molecule has 1 aliphatic heterocycles. The second-order valence-electron chi connectivity index (χ2n) is 10.6. The molecule has 1 aromatic carbocycles. The number of hydrogen-bond donors (Lipinski definition) is 1. The van der Waals surface area contributed by atoms with Crippen molar-refractivity contribution in [1.29, 1.82) is 0 Å². The molecule has 204 valence electrons. The van der Waals surface area contributed by atoms with Gasteiger partial charge in [0.15, 0.2) is 0 Å². The summed E-state index contributed by atoms with van der Waals surface area (Å²) in [7, 11) is 1.32. The summed E-state index contributed by atoms with van der Waals surface area (Å²) in [6.45, 7) is 15.8. The van der Waals surface area contributed by atoms with Crippen LogP contribution in [0, 0.1) is 0 Å². The summed E-state index contributed by atoms with van der Waals surface area (Å²) in [6.07, 6.45) is 0.317. The summed E-state index contributed by atoms with van der Waals surface area (Å²) >= 11 is 0. The number of aromatic nitrogens is 2. The Morgan fingerprint density at radius 1 is 0.973 bits per heavy atom. The molecular weight excluding hydrogens is 474 g/mol. The van der Waals surface area contributed by atoms with Crippen LogP contribution in [-0.4, -0.2) is 65.6 Å². The number of ether oxygens (including phenoxy) is 2. The molecule has 0 saturated carbocycles. The number of carbonyl (C=O) groups excluding carboxylic acids is 1. The van der Waals surface area contributed by atoms with Crippen molar-refractivity contribution in [3.63, 3.8) is 0 Å². The second kappa shape index (κ2) is 11.9. The molecule has 0 aliphatic carbocycles. The van der Waals surface area contributed by atoms with Crippen molar-refractivity contribution in [3.05, 3.63) is 51.2 Å². The van der Waals surface area contributed by atoms with Crippen LogP contribution >= 0.6 is 0 Å². The molecule has 0 atom stereocenters. The first-order chi connectivity index (χ1) is 17.4. The van der Waals surface area contributed by atoms with E-state index in [-0.39, 0.29) is 28.9 Å². The molecule has 3 rings (SSSR count). The Hall–Kier alpha value is -3.27. The minimum Gasteiger partial charge on any atom is -0.488 e. The van der Waals surface area contributed by atoms with Gasteiger partial charge in [-0.05, 0) is 72.2 Å². The molecule has 1 aliphatic rings. The van der Waals surface area contributed by atoms with Crippen molar-refractivity contribution in [2.24, 2.45) is 0 Å². The van der Waals surface area contributed by atoms with Crippen molar-refractivity contribution < 1.29 is 14.3 Å². The van der Waals surface area contributed by atoms with Gasteiger partial charge in [-0.2, -0.15) is 0 Å². The number of anilines is 2. The lowest BCUT2D eigenvalue weighted by Crippen LogP contribution is -2.51. The molecule has 10 heteroatoms. The van der Waals surface area contributed by atoms with Gasteiger partial charge in [-0.15, -0.1) is 0 Å². The Kier molecular flexibility index (Phi) is 9.07. The maximum Gasteiger partial charge on any atom is 0.411 e. The first-order valence-electron chi connectivity index (χ1n) is 12.9. The molecule has 37 heavy (non-hydrogen) atoms. The SMILES string of the molecule is COC(=O)Nc1ccc(OC(C)(C)CCN2CCN(c3cc(=O)n(C(C)C)c(=O)n3C(C)C)CC2)cc1. The zero-order chi connectivity index (χ0) is 27.3. The Balaban J connectivity index is 1.58. The number of methoxy groups -OCH3 is 1. The summed E-state index contributed by atoms with van der Waals surface area (Å²) in [5.41, 5.74) is -0.238. The molecule has 10 nitrogen and oxygen atoms in total. The fourth-order valence-electron chi connectivity index (χ4n) is 4.54. The number of nitrogens with one attached hydrogen (secondary N) is 1. The van der Waals surface area contributed by atoms with Crippen molar-refractivity contribution >= 4 is 17.6 Å². The Morgan fingerprint density at radius 2 is 1.57 bits per heavy atom. The van der Waals surface area contributed by atoms with Gasteiger partial charge in [0.05, 0.1) is 7.11 Å². The first-order valence-corrected chi connectivity index (χ1v) is 12.9. The predicted octanol–water partition coefficient (Wildman–Crippen LogP) is 3.72. The number of carbonyl (C=O) groups is 1. The number of hydrogen-bond acceptors (Lipinski definition) is 7. The number of piperazine rings is 1. The van der Waals surface area contributed by atoms with Crippen molar-refractivity contribution in [2.75, 3.05) is 50.1 Å². The zero-order valence-corrected chi connectivity index (χ0v) is 23.1. The highest BCUT2D eigenvalue weighted by molar-refractivity contribution is 5.84. The third-order valence-corrected chi connectivity index (χ3v) is 6.59. The van der Waals surface area contributed by atoms with Crippen LogP contribution in [0.3, 0.4) is 0 Å². The van der Waals surface area contributed by atoms with Crippen molar-refractivity contribution in [1.82, 2.24) is 14.0 Å². The van der Waals surface area contributed by atoms with Gasteiger partial charge in [-0.25, -0.2) is 9.59 Å². The highest BCUT2D eigenvalue weighted by Gasteiger charge is 2.26. The Labute approximate surface area is 218 Å². The van der Waals surface area contributed by atoms with Gasteiger partial charge in [-0.3, -0.25) is 24.1 Å². The molecule has 0 unspecified atom stereocenters. The van der Waals surface area contributed by atoms with E-state index in [4.69, 9.17) is 4.74 Å². The van der Waals surface area contributed by atoms with E-state index in [1.165, 1.54) is 11.7 Å². The van der Waals surface area contributed by atoms with Crippen molar-refractivity contribution in [3.8, 4) is 5.75 Å². The van der Waals surface area contributed by atoms with E-state index >= 15 is 0 Å². The number of benzene rings is 1. The lowest BCUT2D eigenvalue weighted by Gasteiger charge is -2.38. The van der Waals surface area contributed by atoms with Gasteiger partial charge in [0.2, 0.25) is 0 Å². The van der Waals surface area contributed by atoms with Crippen LogP contribution in [0.5, 0.6) is 5.75 Å². The minimum atomic E-state index is -0.512. The van der Waals surface area contributed by atoms with Crippen LogP contribution in [0.4, 0.5) is 16.3 Å². The van der Waals surface area contributed by atoms with Crippen molar-refractivity contribution in [2.45, 2.75) is 65.6 Å². The third kappa shape index (κ3) is 7.15. The standard InChI is InChI=1S/C27H41N5O5/c1-19(2)31-23(18-24(33)32(20(3)4)26(31)35)30-16-14-29(15-17-30)13-12-27(5,6)37-22-10-8-21(9-11-22)28-25(34)36-7/h8-11,18-20H,12-17H2,1-7H3,(H,28,34). The maximum absolute atomic E-state index is 13.1. The number of amides is 1. The zero-order valence-electron chi connectivity index (χ0n) is 23.1. The van der Waals surface area contributed by atoms with Gasteiger partial charge >= 0.3 is 11.8 Å². The smallest absolute Gasteiger partial charge is 0.411 e. The Bertz CT molecular complexity index is 1180. The van der Waals surface area contributed by atoms with Gasteiger partial charge < -0.3 is 14.4 Å². The second-order valence-corrected chi connectivity index (χ2v) is 10.6. The molecule has 0 spiro atoms. The minimum absolute atomic E-state index is 0.0469. The van der Waals surface area contributed by atoms with E-state index in [1.807, 2.05) is 39.8 Å². The van der Waals surface area contributed by atoms with E-state index in [9.17, 15) is 14.4 Å². The van der Waals surface area contributed by atoms with E-state index in [2.05, 4.69) is 33.7 Å². The van der Waals surface area contributed by atoms with Crippen LogP contribution < -0.4 is 26.2 Å². The molecule has 1 fully saturated rings. The summed E-state index contributed by atoms with van der Waals surface area (Å²) in [6, 6.07) is 8.58. The highest BCUT2D eigenvalue weighted by atomic mass is 16.5. The molecule has 1 aromatic heterocycles. The molecule has 2 heterocycles. The molecule has 1 N–H and O–H groups in total. The molecule has 1 saturated heterocycles. The van der Waals surface area contributed by atoms with Crippen LogP contribution in [0.2, 0.25) is 0 Å². The van der Waals surface area contributed by atoms with Crippen LogP contribution in [0.25, 0.3) is 0 Å². The van der Waals surface area contributed by atoms with Crippen LogP contribution in [0.1, 0.15) is 60.0 Å². The first kappa shape index (κ1) is 28.3. The van der Waals surface area contributed by atoms with Crippen LogP contribution in [0.15, 0.2) is 39.9 Å². The summed E-state index contributed by atoms with van der Waals surface area (Å²) in [4.78, 5) is 41.7. The normalized spacial score (nSPS) is 14.8. The van der Waals surface area contributed by atoms with Gasteiger partial charge in [0.1, 0.15) is 17.2 Å². The number of nitrogens with zero attached hydrogens (tertiary/aromatic N) is 4. The lowest BCUT2D eigenvalue weighted by atomic mass is 10.0. The summed E-state index contributed by atoms with van der Waals surface area (Å²) in [5, 5.41) is 2.62. The largest absolute Gasteiger partial charge is 0.488 e. The molecular formula is C27H41N5O5. The van der Waals surface area contributed by atoms with Gasteiger partial charge in [-0.1, -0.05) is 0 Å². The molecule has 1 amide bonds. The fraction of sp³-hybridized carbons (Fsp3) is 0.593. The number of rotatable bonds is 9. The average Bonchev–Trinajstić information content (AvgIpc) is 2.83. The third-order valence-electron chi connectivity index (χ3n) is 6.59. The van der Waals surface area contributed by atoms with Gasteiger partial charge in [0, 0.05) is 56.6 Å². The monoisotopic (exact) mass is 515 g/mol. The molecule has 2 aromatic rings. The summed E-state index contributed by atoms with van der Waals surface area (Å²) in [5.74, 6) is 1.43. The fourth-order valence-corrected chi connectivity index (χ4v) is 4.54. The van der Waals surface area contributed by atoms with E-state index in [0.717, 1.165) is 44.9 Å². The summed E-state index contributed by atoms with van der Waals surface area (Å²) < 4.78 is 13.9. The topological polar surface area (TPSA) is 98.0 Å².